The van der Waals surface area contributed by atoms with Gasteiger partial charge in [-0.05, 0) is 37.4 Å². The molecule has 1 aliphatic rings. The van der Waals surface area contributed by atoms with Crippen molar-refractivity contribution < 1.29 is 18.7 Å². The molecular weight excluding hydrogens is 385 g/mol. The van der Waals surface area contributed by atoms with Crippen LogP contribution in [-0.2, 0) is 0 Å². The standard InChI is InChI=1S/C20H21ClFN3O3/c1-24-7-9-25(10-8-24)13-18(26)14-3-2-4-16(11-14)23-20(27)28-19-6-5-15(22)12-17(19)21/h2-6,11-12H,7-10,13H2,1H3,(H,23,27). The summed E-state index contributed by atoms with van der Waals surface area (Å²) in [6.45, 7) is 3.92. The number of rotatable bonds is 5. The number of carbonyl (C=O) groups excluding carboxylic acids is 2. The van der Waals surface area contributed by atoms with Crippen molar-refractivity contribution in [3.05, 3.63) is 58.9 Å². The van der Waals surface area contributed by atoms with Gasteiger partial charge in [0.1, 0.15) is 5.82 Å². The fourth-order valence-corrected chi connectivity index (χ4v) is 3.08. The third-order valence-electron chi connectivity index (χ3n) is 4.49. The average molecular weight is 406 g/mol. The number of amides is 1. The van der Waals surface area contributed by atoms with Crippen LogP contribution in [0.15, 0.2) is 42.5 Å². The van der Waals surface area contributed by atoms with Crippen LogP contribution in [0.25, 0.3) is 0 Å². The van der Waals surface area contributed by atoms with Crippen LogP contribution in [0.2, 0.25) is 5.02 Å². The van der Waals surface area contributed by atoms with E-state index in [9.17, 15) is 14.0 Å². The molecule has 3 rings (SSSR count). The second kappa shape index (κ2) is 9.14. The molecule has 0 atom stereocenters. The summed E-state index contributed by atoms with van der Waals surface area (Å²) in [5, 5.41) is 2.54. The third kappa shape index (κ3) is 5.51. The molecule has 2 aromatic carbocycles. The van der Waals surface area contributed by atoms with E-state index < -0.39 is 11.9 Å². The largest absolute Gasteiger partial charge is 0.417 e. The maximum Gasteiger partial charge on any atom is 0.417 e. The Morgan fingerprint density at radius 3 is 2.61 bits per heavy atom. The predicted molar refractivity (Wildman–Crippen MR) is 106 cm³/mol. The highest BCUT2D eigenvalue weighted by molar-refractivity contribution is 6.32. The molecule has 2 aromatic rings. The highest BCUT2D eigenvalue weighted by Crippen LogP contribution is 2.25. The number of likely N-dealkylation sites (N-methyl/N-ethyl adjacent to an activating group) is 1. The zero-order valence-electron chi connectivity index (χ0n) is 15.5. The number of Topliss-reactive ketones (excluding diaryl/α,β-unsaturated/α-hetero) is 1. The van der Waals surface area contributed by atoms with Crippen LogP contribution >= 0.6 is 11.6 Å². The van der Waals surface area contributed by atoms with E-state index in [1.54, 1.807) is 24.3 Å². The summed E-state index contributed by atoms with van der Waals surface area (Å²) >= 11 is 5.85. The molecule has 0 aromatic heterocycles. The van der Waals surface area contributed by atoms with Gasteiger partial charge in [-0.25, -0.2) is 9.18 Å². The van der Waals surface area contributed by atoms with Crippen LogP contribution in [0.3, 0.4) is 0 Å². The smallest absolute Gasteiger partial charge is 0.408 e. The maximum atomic E-state index is 13.1. The van der Waals surface area contributed by atoms with Gasteiger partial charge in [0.05, 0.1) is 11.6 Å². The summed E-state index contributed by atoms with van der Waals surface area (Å²) in [4.78, 5) is 29.0. The zero-order valence-corrected chi connectivity index (χ0v) is 16.2. The molecule has 28 heavy (non-hydrogen) atoms. The highest BCUT2D eigenvalue weighted by atomic mass is 35.5. The lowest BCUT2D eigenvalue weighted by Gasteiger charge is -2.31. The lowest BCUT2D eigenvalue weighted by atomic mass is 10.1. The minimum Gasteiger partial charge on any atom is -0.408 e. The van der Waals surface area contributed by atoms with Crippen LogP contribution in [0, 0.1) is 5.82 Å². The summed E-state index contributed by atoms with van der Waals surface area (Å²) in [5.74, 6) is -0.490. The molecule has 1 aliphatic heterocycles. The first-order valence-electron chi connectivity index (χ1n) is 8.89. The molecule has 0 bridgehead atoms. The first kappa shape index (κ1) is 20.3. The number of hydrogen-bond donors (Lipinski definition) is 1. The fraction of sp³-hybridized carbons (Fsp3) is 0.300. The van der Waals surface area contributed by atoms with Gasteiger partial charge in [-0.3, -0.25) is 15.0 Å². The number of ketones is 1. The Balaban J connectivity index is 1.59. The molecule has 0 unspecified atom stereocenters. The molecule has 0 saturated carbocycles. The van der Waals surface area contributed by atoms with E-state index in [1.807, 2.05) is 0 Å². The summed E-state index contributed by atoms with van der Waals surface area (Å²) in [6, 6.07) is 10.1. The summed E-state index contributed by atoms with van der Waals surface area (Å²) < 4.78 is 18.2. The van der Waals surface area contributed by atoms with Crippen LogP contribution in [0.5, 0.6) is 5.75 Å². The van der Waals surface area contributed by atoms with Gasteiger partial charge in [-0.2, -0.15) is 0 Å². The molecule has 0 aliphatic carbocycles. The third-order valence-corrected chi connectivity index (χ3v) is 4.79. The summed E-state index contributed by atoms with van der Waals surface area (Å²) in [5.41, 5.74) is 0.934. The van der Waals surface area contributed by atoms with Crippen molar-refractivity contribution in [3.63, 3.8) is 0 Å². The Kier molecular flexibility index (Phi) is 6.61. The average Bonchev–Trinajstić information content (AvgIpc) is 2.66. The second-order valence-corrected chi connectivity index (χ2v) is 7.08. The van der Waals surface area contributed by atoms with Gasteiger partial charge < -0.3 is 9.64 Å². The van der Waals surface area contributed by atoms with Crippen LogP contribution < -0.4 is 10.1 Å². The lowest BCUT2D eigenvalue weighted by molar-refractivity contribution is 0.0876. The topological polar surface area (TPSA) is 61.9 Å². The van der Waals surface area contributed by atoms with Gasteiger partial charge in [0.15, 0.2) is 11.5 Å². The normalized spacial score (nSPS) is 15.2. The van der Waals surface area contributed by atoms with Crippen molar-refractivity contribution in [2.45, 2.75) is 0 Å². The number of carbonyl (C=O) groups is 2. The molecule has 0 spiro atoms. The van der Waals surface area contributed by atoms with E-state index in [-0.39, 0.29) is 16.6 Å². The SMILES string of the molecule is CN1CCN(CC(=O)c2cccc(NC(=O)Oc3ccc(F)cc3Cl)c2)CC1. The van der Waals surface area contributed by atoms with Crippen molar-refractivity contribution in [2.75, 3.05) is 45.1 Å². The Labute approximate surface area is 167 Å². The molecule has 8 heteroatoms. The Bertz CT molecular complexity index is 870. The molecule has 1 amide bonds. The molecule has 1 heterocycles. The number of nitrogens with one attached hydrogen (secondary N) is 1. The number of piperazine rings is 1. The van der Waals surface area contributed by atoms with E-state index in [2.05, 4.69) is 22.2 Å². The van der Waals surface area contributed by atoms with E-state index in [4.69, 9.17) is 16.3 Å². The molecule has 1 saturated heterocycles. The fourth-order valence-electron chi connectivity index (χ4n) is 2.87. The van der Waals surface area contributed by atoms with Crippen molar-refractivity contribution in [1.82, 2.24) is 9.80 Å². The van der Waals surface area contributed by atoms with Crippen LogP contribution in [-0.4, -0.2) is 61.4 Å². The molecular formula is C20H21ClFN3O3. The second-order valence-electron chi connectivity index (χ2n) is 6.67. The first-order valence-corrected chi connectivity index (χ1v) is 9.26. The zero-order chi connectivity index (χ0) is 20.1. The van der Waals surface area contributed by atoms with E-state index in [0.29, 0.717) is 17.8 Å². The van der Waals surface area contributed by atoms with Crippen molar-refractivity contribution in [2.24, 2.45) is 0 Å². The number of benzene rings is 2. The minimum atomic E-state index is -0.780. The van der Waals surface area contributed by atoms with E-state index in [0.717, 1.165) is 38.3 Å². The number of ether oxygens (including phenoxy) is 1. The number of anilines is 1. The minimum absolute atomic E-state index is 0.00810. The first-order chi connectivity index (χ1) is 13.4. The van der Waals surface area contributed by atoms with Crippen molar-refractivity contribution in [1.29, 1.82) is 0 Å². The summed E-state index contributed by atoms with van der Waals surface area (Å²) in [7, 11) is 2.06. The van der Waals surface area contributed by atoms with Crippen molar-refractivity contribution in [3.8, 4) is 5.75 Å². The van der Waals surface area contributed by atoms with Gasteiger partial charge >= 0.3 is 6.09 Å². The predicted octanol–water partition coefficient (Wildman–Crippen LogP) is 3.52. The van der Waals surface area contributed by atoms with Crippen LogP contribution in [0.4, 0.5) is 14.9 Å². The number of halogens is 2. The Hall–Kier alpha value is -2.48. The van der Waals surface area contributed by atoms with Gasteiger partial charge in [0.2, 0.25) is 0 Å². The number of nitrogens with zero attached hydrogens (tertiary/aromatic N) is 2. The van der Waals surface area contributed by atoms with E-state index >= 15 is 0 Å². The monoisotopic (exact) mass is 405 g/mol. The Morgan fingerprint density at radius 2 is 1.89 bits per heavy atom. The lowest BCUT2D eigenvalue weighted by Crippen LogP contribution is -2.46. The summed E-state index contributed by atoms with van der Waals surface area (Å²) in [6.07, 6.45) is -0.780. The molecule has 6 nitrogen and oxygen atoms in total. The molecule has 148 valence electrons. The van der Waals surface area contributed by atoms with Gasteiger partial charge in [-0.1, -0.05) is 23.7 Å². The van der Waals surface area contributed by atoms with Crippen LogP contribution in [0.1, 0.15) is 10.4 Å². The van der Waals surface area contributed by atoms with Gasteiger partial charge in [-0.15, -0.1) is 0 Å². The molecule has 1 fully saturated rings. The molecule has 0 radical (unpaired) electrons. The highest BCUT2D eigenvalue weighted by Gasteiger charge is 2.18. The van der Waals surface area contributed by atoms with Gasteiger partial charge in [0, 0.05) is 37.4 Å². The Morgan fingerprint density at radius 1 is 1.14 bits per heavy atom. The van der Waals surface area contributed by atoms with Gasteiger partial charge in [0.25, 0.3) is 0 Å². The quantitative estimate of drug-likeness (QED) is 0.771. The van der Waals surface area contributed by atoms with E-state index in [1.165, 1.54) is 6.07 Å². The maximum absolute atomic E-state index is 13.1. The molecule has 1 N–H and O–H groups in total. The van der Waals surface area contributed by atoms with Crippen molar-refractivity contribution >= 4 is 29.2 Å². The number of hydrogen-bond acceptors (Lipinski definition) is 5.